The number of phenolic OH excluding ortho intramolecular Hbond substituents is 1. The third kappa shape index (κ3) is 3.06. The van der Waals surface area contributed by atoms with Crippen LogP contribution in [0.15, 0.2) is 29.8 Å². The number of anilines is 1. The highest BCUT2D eigenvalue weighted by atomic mass is 16.5. The number of nitrogen functional groups attached to an aromatic ring is 1. The maximum Gasteiger partial charge on any atom is 0.254 e. The summed E-state index contributed by atoms with van der Waals surface area (Å²) in [5, 5.41) is 9.54. The SMILES string of the molecule is COCC1=CCN(C(=O)c2ccc(N)c(O)c2)CC1. The van der Waals surface area contributed by atoms with E-state index < -0.39 is 0 Å². The highest BCUT2D eigenvalue weighted by Gasteiger charge is 2.19. The van der Waals surface area contributed by atoms with E-state index in [1.165, 1.54) is 11.6 Å². The van der Waals surface area contributed by atoms with Crippen LogP contribution in [-0.4, -0.2) is 42.7 Å². The molecule has 5 nitrogen and oxygen atoms in total. The van der Waals surface area contributed by atoms with Crippen molar-refractivity contribution < 1.29 is 14.6 Å². The van der Waals surface area contributed by atoms with Crippen molar-refractivity contribution in [3.05, 3.63) is 35.4 Å². The van der Waals surface area contributed by atoms with Crippen molar-refractivity contribution in [2.24, 2.45) is 0 Å². The van der Waals surface area contributed by atoms with Gasteiger partial charge in [-0.1, -0.05) is 6.08 Å². The largest absolute Gasteiger partial charge is 0.506 e. The predicted molar refractivity (Wildman–Crippen MR) is 73.0 cm³/mol. The Morgan fingerprint density at radius 3 is 2.89 bits per heavy atom. The van der Waals surface area contributed by atoms with Crippen LogP contribution in [0.4, 0.5) is 5.69 Å². The van der Waals surface area contributed by atoms with Gasteiger partial charge in [-0.2, -0.15) is 0 Å². The number of methoxy groups -OCH3 is 1. The molecule has 0 saturated carbocycles. The molecule has 2 rings (SSSR count). The average molecular weight is 262 g/mol. The van der Waals surface area contributed by atoms with Crippen molar-refractivity contribution in [2.45, 2.75) is 6.42 Å². The minimum atomic E-state index is -0.0944. The maximum absolute atomic E-state index is 12.2. The van der Waals surface area contributed by atoms with Crippen LogP contribution in [-0.2, 0) is 4.74 Å². The van der Waals surface area contributed by atoms with Crippen molar-refractivity contribution in [2.75, 3.05) is 32.5 Å². The molecule has 5 heteroatoms. The molecule has 0 bridgehead atoms. The fourth-order valence-electron chi connectivity index (χ4n) is 2.07. The summed E-state index contributed by atoms with van der Waals surface area (Å²) in [7, 11) is 1.66. The molecule has 1 aliphatic heterocycles. The number of rotatable bonds is 3. The van der Waals surface area contributed by atoms with E-state index >= 15 is 0 Å². The van der Waals surface area contributed by atoms with Gasteiger partial charge in [0.05, 0.1) is 12.3 Å². The fraction of sp³-hybridized carbons (Fsp3) is 0.357. The van der Waals surface area contributed by atoms with Crippen molar-refractivity contribution >= 4 is 11.6 Å². The van der Waals surface area contributed by atoms with Crippen molar-refractivity contribution in [1.82, 2.24) is 4.90 Å². The minimum absolute atomic E-state index is 0.0570. The summed E-state index contributed by atoms with van der Waals surface area (Å²) in [5.74, 6) is -0.151. The summed E-state index contributed by atoms with van der Waals surface area (Å²) in [6, 6.07) is 4.58. The molecule has 0 fully saturated rings. The summed E-state index contributed by atoms with van der Waals surface area (Å²) < 4.78 is 5.07. The highest BCUT2D eigenvalue weighted by molar-refractivity contribution is 5.95. The second-order valence-electron chi connectivity index (χ2n) is 4.57. The molecule has 0 radical (unpaired) electrons. The number of amides is 1. The van der Waals surface area contributed by atoms with Gasteiger partial charge < -0.3 is 20.5 Å². The number of carbonyl (C=O) groups is 1. The Bertz CT molecular complexity index is 511. The Kier molecular flexibility index (Phi) is 4.06. The molecule has 0 atom stereocenters. The number of benzene rings is 1. The molecular formula is C14H18N2O3. The Balaban J connectivity index is 2.07. The lowest BCUT2D eigenvalue weighted by Crippen LogP contribution is -2.35. The van der Waals surface area contributed by atoms with Crippen molar-refractivity contribution in [3.8, 4) is 5.75 Å². The topological polar surface area (TPSA) is 75.8 Å². The predicted octanol–water partition coefficient (Wildman–Crippen LogP) is 1.39. The molecule has 3 N–H and O–H groups in total. The number of ether oxygens (including phenoxy) is 1. The summed E-state index contributed by atoms with van der Waals surface area (Å²) in [6.07, 6.45) is 2.84. The zero-order valence-electron chi connectivity index (χ0n) is 10.9. The first-order chi connectivity index (χ1) is 9.11. The molecule has 1 aliphatic rings. The van der Waals surface area contributed by atoms with Crippen LogP contribution in [0, 0.1) is 0 Å². The van der Waals surface area contributed by atoms with E-state index in [4.69, 9.17) is 10.5 Å². The summed E-state index contributed by atoms with van der Waals surface area (Å²) >= 11 is 0. The van der Waals surface area contributed by atoms with Crippen LogP contribution in [0.5, 0.6) is 5.75 Å². The lowest BCUT2D eigenvalue weighted by molar-refractivity contribution is 0.0764. The van der Waals surface area contributed by atoms with Gasteiger partial charge in [0.15, 0.2) is 0 Å². The Morgan fingerprint density at radius 1 is 1.53 bits per heavy atom. The molecule has 0 unspecified atom stereocenters. The van der Waals surface area contributed by atoms with Gasteiger partial charge in [-0.25, -0.2) is 0 Å². The second-order valence-corrected chi connectivity index (χ2v) is 4.57. The van der Waals surface area contributed by atoms with Crippen LogP contribution in [0.3, 0.4) is 0 Å². The molecule has 102 valence electrons. The van der Waals surface area contributed by atoms with Gasteiger partial charge in [-0.3, -0.25) is 4.79 Å². The highest BCUT2D eigenvalue weighted by Crippen LogP contribution is 2.22. The molecule has 19 heavy (non-hydrogen) atoms. The van der Waals surface area contributed by atoms with Gasteiger partial charge >= 0.3 is 0 Å². The molecule has 1 aromatic rings. The van der Waals surface area contributed by atoms with Crippen molar-refractivity contribution in [1.29, 1.82) is 0 Å². The van der Waals surface area contributed by atoms with E-state index in [1.54, 1.807) is 24.1 Å². The quantitative estimate of drug-likeness (QED) is 0.490. The summed E-state index contributed by atoms with van der Waals surface area (Å²) in [6.45, 7) is 1.85. The molecule has 0 spiro atoms. The third-order valence-electron chi connectivity index (χ3n) is 3.20. The minimum Gasteiger partial charge on any atom is -0.506 e. The summed E-state index contributed by atoms with van der Waals surface area (Å²) in [5.41, 5.74) is 7.46. The van der Waals surface area contributed by atoms with Crippen LogP contribution >= 0.6 is 0 Å². The molecule has 0 aromatic heterocycles. The Hall–Kier alpha value is -2.01. The van der Waals surface area contributed by atoms with Crippen LogP contribution in [0.2, 0.25) is 0 Å². The van der Waals surface area contributed by atoms with Crippen LogP contribution in [0.1, 0.15) is 16.8 Å². The monoisotopic (exact) mass is 262 g/mol. The first-order valence-corrected chi connectivity index (χ1v) is 6.16. The molecule has 0 saturated heterocycles. The van der Waals surface area contributed by atoms with E-state index in [-0.39, 0.29) is 17.3 Å². The zero-order chi connectivity index (χ0) is 13.8. The maximum atomic E-state index is 12.2. The zero-order valence-corrected chi connectivity index (χ0v) is 10.9. The number of hydrogen-bond acceptors (Lipinski definition) is 4. The van der Waals surface area contributed by atoms with E-state index in [2.05, 4.69) is 0 Å². The molecular weight excluding hydrogens is 244 g/mol. The van der Waals surface area contributed by atoms with Gasteiger partial charge in [0.25, 0.3) is 5.91 Å². The van der Waals surface area contributed by atoms with Gasteiger partial charge in [0.1, 0.15) is 5.75 Å². The lowest BCUT2D eigenvalue weighted by atomic mass is 10.1. The lowest BCUT2D eigenvalue weighted by Gasteiger charge is -2.26. The van der Waals surface area contributed by atoms with E-state index in [1.807, 2.05) is 6.08 Å². The summed E-state index contributed by atoms with van der Waals surface area (Å²) in [4.78, 5) is 14.0. The van der Waals surface area contributed by atoms with E-state index in [0.29, 0.717) is 25.3 Å². The molecule has 1 heterocycles. The van der Waals surface area contributed by atoms with E-state index in [9.17, 15) is 9.90 Å². The number of hydrogen-bond donors (Lipinski definition) is 2. The number of carbonyl (C=O) groups excluding carboxylic acids is 1. The van der Waals surface area contributed by atoms with Gasteiger partial charge in [-0.05, 0) is 30.2 Å². The standard InChI is InChI=1S/C14H18N2O3/c1-19-9-10-4-6-16(7-5-10)14(18)11-2-3-12(15)13(17)8-11/h2-4,8,17H,5-7,9,15H2,1H3. The van der Waals surface area contributed by atoms with Crippen LogP contribution < -0.4 is 5.73 Å². The third-order valence-corrected chi connectivity index (χ3v) is 3.20. The van der Waals surface area contributed by atoms with Crippen molar-refractivity contribution in [3.63, 3.8) is 0 Å². The molecule has 0 aliphatic carbocycles. The normalized spacial score (nSPS) is 15.2. The number of phenols is 1. The fourth-order valence-corrected chi connectivity index (χ4v) is 2.07. The Morgan fingerprint density at radius 2 is 2.32 bits per heavy atom. The van der Waals surface area contributed by atoms with Gasteiger partial charge in [0, 0.05) is 25.8 Å². The smallest absolute Gasteiger partial charge is 0.254 e. The first kappa shape index (κ1) is 13.4. The second kappa shape index (κ2) is 5.75. The Labute approximate surface area is 112 Å². The van der Waals surface area contributed by atoms with Crippen LogP contribution in [0.25, 0.3) is 0 Å². The van der Waals surface area contributed by atoms with Gasteiger partial charge in [0.2, 0.25) is 0 Å². The number of nitrogens with zero attached hydrogens (tertiary/aromatic N) is 1. The molecule has 1 aromatic carbocycles. The number of nitrogens with two attached hydrogens (primary N) is 1. The van der Waals surface area contributed by atoms with E-state index in [0.717, 1.165) is 6.42 Å². The molecule has 1 amide bonds. The number of aromatic hydroxyl groups is 1. The van der Waals surface area contributed by atoms with Gasteiger partial charge in [-0.15, -0.1) is 0 Å². The average Bonchev–Trinajstić information content (AvgIpc) is 2.42. The first-order valence-electron chi connectivity index (χ1n) is 6.16.